The number of aromatic nitrogens is 6. The van der Waals surface area contributed by atoms with Gasteiger partial charge in [-0.25, -0.2) is 4.98 Å². The molecule has 1 aliphatic rings. The highest BCUT2D eigenvalue weighted by atomic mass is 15.3. The van der Waals surface area contributed by atoms with Crippen molar-refractivity contribution in [2.45, 2.75) is 26.4 Å². The third-order valence-corrected chi connectivity index (χ3v) is 4.21. The standard InChI is InChI=1S/C16H19N7/c1-13-3-4-16(20-19-13)21-8-5-15-17-11-14(23(15)10-9-21)12-22-7-2-6-18-22/h2-4,6-7,11H,5,8-10,12H2,1H3. The molecule has 4 rings (SSSR count). The molecule has 7 nitrogen and oxygen atoms in total. The van der Waals surface area contributed by atoms with Crippen LogP contribution in [0.2, 0.25) is 0 Å². The van der Waals surface area contributed by atoms with Crippen LogP contribution < -0.4 is 4.90 Å². The van der Waals surface area contributed by atoms with E-state index in [0.29, 0.717) is 0 Å². The van der Waals surface area contributed by atoms with Crippen LogP contribution in [0.25, 0.3) is 0 Å². The Hall–Kier alpha value is -2.70. The zero-order chi connectivity index (χ0) is 15.6. The smallest absolute Gasteiger partial charge is 0.151 e. The summed E-state index contributed by atoms with van der Waals surface area (Å²) >= 11 is 0. The zero-order valence-corrected chi connectivity index (χ0v) is 13.1. The molecular formula is C16H19N7. The fourth-order valence-electron chi connectivity index (χ4n) is 2.97. The average molecular weight is 309 g/mol. The molecule has 0 aromatic carbocycles. The summed E-state index contributed by atoms with van der Waals surface area (Å²) in [5, 5.41) is 12.8. The van der Waals surface area contributed by atoms with Gasteiger partial charge in [0.2, 0.25) is 0 Å². The largest absolute Gasteiger partial charge is 0.353 e. The van der Waals surface area contributed by atoms with E-state index < -0.39 is 0 Å². The van der Waals surface area contributed by atoms with Gasteiger partial charge in [0.15, 0.2) is 5.82 Å². The maximum absolute atomic E-state index is 4.60. The number of nitrogens with zero attached hydrogens (tertiary/aromatic N) is 7. The zero-order valence-electron chi connectivity index (χ0n) is 13.1. The van der Waals surface area contributed by atoms with Crippen molar-refractivity contribution in [3.8, 4) is 0 Å². The molecule has 0 spiro atoms. The Labute approximate surface area is 134 Å². The van der Waals surface area contributed by atoms with Gasteiger partial charge in [-0.2, -0.15) is 10.2 Å². The summed E-state index contributed by atoms with van der Waals surface area (Å²) in [5.74, 6) is 2.07. The normalized spacial score (nSPS) is 14.6. The SMILES string of the molecule is Cc1ccc(N2CCc3ncc(Cn4cccn4)n3CC2)nn1. The van der Waals surface area contributed by atoms with Gasteiger partial charge in [-0.05, 0) is 25.1 Å². The van der Waals surface area contributed by atoms with Crippen LogP contribution in [0.3, 0.4) is 0 Å². The molecule has 0 bridgehead atoms. The van der Waals surface area contributed by atoms with E-state index in [9.17, 15) is 0 Å². The van der Waals surface area contributed by atoms with Crippen molar-refractivity contribution in [2.24, 2.45) is 0 Å². The average Bonchev–Trinajstić information content (AvgIpc) is 3.15. The Morgan fingerprint density at radius 1 is 1.13 bits per heavy atom. The van der Waals surface area contributed by atoms with Crippen molar-refractivity contribution in [1.29, 1.82) is 0 Å². The number of imidazole rings is 1. The van der Waals surface area contributed by atoms with Crippen LogP contribution in [0.4, 0.5) is 5.82 Å². The molecule has 0 aliphatic carbocycles. The molecule has 0 radical (unpaired) electrons. The van der Waals surface area contributed by atoms with Gasteiger partial charge >= 0.3 is 0 Å². The minimum absolute atomic E-state index is 0.754. The van der Waals surface area contributed by atoms with Crippen LogP contribution in [0, 0.1) is 6.92 Å². The second-order valence-corrected chi connectivity index (χ2v) is 5.79. The molecule has 3 aromatic heterocycles. The highest BCUT2D eigenvalue weighted by Gasteiger charge is 2.18. The van der Waals surface area contributed by atoms with E-state index in [2.05, 4.69) is 29.7 Å². The third-order valence-electron chi connectivity index (χ3n) is 4.21. The van der Waals surface area contributed by atoms with Gasteiger partial charge in [-0.1, -0.05) is 0 Å². The first kappa shape index (κ1) is 13.9. The Morgan fingerprint density at radius 3 is 2.87 bits per heavy atom. The van der Waals surface area contributed by atoms with Gasteiger partial charge in [-0.15, -0.1) is 5.10 Å². The highest BCUT2D eigenvalue weighted by molar-refractivity contribution is 5.37. The van der Waals surface area contributed by atoms with E-state index in [0.717, 1.165) is 49.9 Å². The minimum Gasteiger partial charge on any atom is -0.353 e. The lowest BCUT2D eigenvalue weighted by molar-refractivity contribution is 0.600. The van der Waals surface area contributed by atoms with Gasteiger partial charge in [0.1, 0.15) is 5.82 Å². The van der Waals surface area contributed by atoms with Crippen molar-refractivity contribution in [3.63, 3.8) is 0 Å². The number of hydrogen-bond acceptors (Lipinski definition) is 5. The molecule has 0 amide bonds. The van der Waals surface area contributed by atoms with Crippen LogP contribution in [0.5, 0.6) is 0 Å². The van der Waals surface area contributed by atoms with Crippen LogP contribution >= 0.6 is 0 Å². The van der Waals surface area contributed by atoms with Crippen LogP contribution in [-0.4, -0.2) is 42.6 Å². The van der Waals surface area contributed by atoms with Gasteiger partial charge in [0, 0.05) is 38.4 Å². The van der Waals surface area contributed by atoms with Gasteiger partial charge in [0.05, 0.1) is 24.1 Å². The monoisotopic (exact) mass is 309 g/mol. The number of hydrogen-bond donors (Lipinski definition) is 0. The van der Waals surface area contributed by atoms with Crippen LogP contribution in [0.15, 0.2) is 36.8 Å². The van der Waals surface area contributed by atoms with E-state index in [1.165, 1.54) is 5.69 Å². The number of fused-ring (bicyclic) bond motifs is 1. The molecule has 0 unspecified atom stereocenters. The first-order chi connectivity index (χ1) is 11.3. The molecule has 4 heterocycles. The second-order valence-electron chi connectivity index (χ2n) is 5.79. The predicted octanol–water partition coefficient (Wildman–Crippen LogP) is 1.29. The Balaban J connectivity index is 1.52. The van der Waals surface area contributed by atoms with E-state index in [-0.39, 0.29) is 0 Å². The molecule has 23 heavy (non-hydrogen) atoms. The molecule has 0 saturated carbocycles. The maximum Gasteiger partial charge on any atom is 0.151 e. The fraction of sp³-hybridized carbons (Fsp3) is 0.375. The molecule has 7 heteroatoms. The van der Waals surface area contributed by atoms with E-state index in [1.807, 2.05) is 42.2 Å². The lowest BCUT2D eigenvalue weighted by Gasteiger charge is -2.20. The summed E-state index contributed by atoms with van der Waals surface area (Å²) < 4.78 is 4.24. The quantitative estimate of drug-likeness (QED) is 0.729. The highest BCUT2D eigenvalue weighted by Crippen LogP contribution is 2.17. The summed E-state index contributed by atoms with van der Waals surface area (Å²) in [6.45, 7) is 5.44. The second kappa shape index (κ2) is 5.83. The topological polar surface area (TPSA) is 64.7 Å². The number of anilines is 1. The van der Waals surface area contributed by atoms with Gasteiger partial charge < -0.3 is 9.47 Å². The first-order valence-electron chi connectivity index (χ1n) is 7.85. The van der Waals surface area contributed by atoms with Crippen molar-refractivity contribution < 1.29 is 0 Å². The molecule has 3 aromatic rings. The summed E-state index contributed by atoms with van der Waals surface area (Å²) in [6.07, 6.45) is 6.66. The molecule has 118 valence electrons. The summed E-state index contributed by atoms with van der Waals surface area (Å²) in [4.78, 5) is 6.88. The van der Waals surface area contributed by atoms with Crippen molar-refractivity contribution in [1.82, 2.24) is 29.5 Å². The number of rotatable bonds is 3. The van der Waals surface area contributed by atoms with Gasteiger partial charge in [-0.3, -0.25) is 4.68 Å². The summed E-state index contributed by atoms with van der Waals surface area (Å²) in [5.41, 5.74) is 2.14. The maximum atomic E-state index is 4.60. The van der Waals surface area contributed by atoms with Crippen molar-refractivity contribution in [3.05, 3.63) is 54.0 Å². The molecule has 0 N–H and O–H groups in total. The van der Waals surface area contributed by atoms with Crippen molar-refractivity contribution in [2.75, 3.05) is 18.0 Å². The molecular weight excluding hydrogens is 290 g/mol. The Kier molecular flexibility index (Phi) is 3.53. The van der Waals surface area contributed by atoms with Crippen LogP contribution in [0.1, 0.15) is 17.2 Å². The van der Waals surface area contributed by atoms with Gasteiger partial charge in [0.25, 0.3) is 0 Å². The van der Waals surface area contributed by atoms with E-state index in [1.54, 1.807) is 6.20 Å². The van der Waals surface area contributed by atoms with E-state index >= 15 is 0 Å². The summed E-state index contributed by atoms with van der Waals surface area (Å²) in [6, 6.07) is 5.99. The number of aryl methyl sites for hydroxylation is 1. The molecule has 0 fully saturated rings. The van der Waals surface area contributed by atoms with Crippen LogP contribution in [-0.2, 0) is 19.5 Å². The Bertz CT molecular complexity index is 773. The first-order valence-corrected chi connectivity index (χ1v) is 7.85. The minimum atomic E-state index is 0.754. The fourth-order valence-corrected chi connectivity index (χ4v) is 2.97. The van der Waals surface area contributed by atoms with E-state index in [4.69, 9.17) is 0 Å². The third kappa shape index (κ3) is 2.81. The summed E-state index contributed by atoms with van der Waals surface area (Å²) in [7, 11) is 0. The van der Waals surface area contributed by atoms with Crippen molar-refractivity contribution >= 4 is 5.82 Å². The molecule has 0 atom stereocenters. The predicted molar refractivity (Wildman–Crippen MR) is 86.2 cm³/mol. The molecule has 1 aliphatic heterocycles. The Morgan fingerprint density at radius 2 is 2.09 bits per heavy atom. The molecule has 0 saturated heterocycles. The lowest BCUT2D eigenvalue weighted by atomic mass is 10.3. The lowest BCUT2D eigenvalue weighted by Crippen LogP contribution is -2.28.